The molecule has 2 aromatic heterocycles. The number of methoxy groups -OCH3 is 5. The first-order valence-corrected chi connectivity index (χ1v) is 15.6. The number of nitrogens with zero attached hydrogens (tertiary/aromatic N) is 4. The van der Waals surface area contributed by atoms with E-state index in [2.05, 4.69) is 15.3 Å². The lowest BCUT2D eigenvalue weighted by Crippen LogP contribution is -2.13. The van der Waals surface area contributed by atoms with Crippen LogP contribution in [0.3, 0.4) is 0 Å². The number of ether oxygens (including phenoxy) is 6. The van der Waals surface area contributed by atoms with Crippen molar-refractivity contribution in [1.82, 2.24) is 14.9 Å². The van der Waals surface area contributed by atoms with Crippen LogP contribution in [0.1, 0.15) is 23.4 Å². The van der Waals surface area contributed by atoms with E-state index in [1.807, 2.05) is 38.1 Å². The van der Waals surface area contributed by atoms with Crippen molar-refractivity contribution < 1.29 is 32.8 Å². The van der Waals surface area contributed by atoms with Crippen LogP contribution in [-0.2, 0) is 0 Å². The highest BCUT2D eigenvalue weighted by Gasteiger charge is 2.24. The van der Waals surface area contributed by atoms with Crippen molar-refractivity contribution >= 4 is 28.9 Å². The molecule has 13 heteroatoms. The molecular weight excluding hydrogens is 624 g/mol. The minimum Gasteiger partial charge on any atom is -0.496 e. The maximum Gasteiger partial charge on any atom is 0.239 e. The molecule has 0 unspecified atom stereocenters. The van der Waals surface area contributed by atoms with Crippen molar-refractivity contribution in [2.45, 2.75) is 25.4 Å². The van der Waals surface area contributed by atoms with Crippen LogP contribution in [0.2, 0.25) is 0 Å². The average molecular weight is 661 g/mol. The van der Waals surface area contributed by atoms with Gasteiger partial charge in [0.2, 0.25) is 22.1 Å². The Bertz CT molecular complexity index is 1930. The van der Waals surface area contributed by atoms with Crippen LogP contribution in [0.4, 0.5) is 0 Å². The number of thioether (sulfide) groups is 1. The minimum absolute atomic E-state index is 0.0157. The quantitative estimate of drug-likeness (QED) is 0.0772. The van der Waals surface area contributed by atoms with E-state index in [0.29, 0.717) is 57.5 Å². The van der Waals surface area contributed by atoms with E-state index in [9.17, 15) is 4.79 Å². The number of hydrogen-bond donors (Lipinski definition) is 0. The molecule has 0 amide bonds. The van der Waals surface area contributed by atoms with E-state index >= 15 is 0 Å². The van der Waals surface area contributed by atoms with Crippen molar-refractivity contribution in [3.05, 3.63) is 75.7 Å². The maximum atomic E-state index is 14.0. The second-order valence-corrected chi connectivity index (χ2v) is 11.3. The van der Waals surface area contributed by atoms with Crippen LogP contribution in [0.15, 0.2) is 68.0 Å². The first kappa shape index (κ1) is 33.2. The zero-order valence-electron chi connectivity index (χ0n) is 27.3. The Balaban J connectivity index is 1.42. The molecule has 0 atom stereocenters. The zero-order valence-corrected chi connectivity index (χ0v) is 28.1. The van der Waals surface area contributed by atoms with Crippen molar-refractivity contribution in [3.8, 4) is 45.8 Å². The number of rotatable bonds is 14. The Hall–Kier alpha value is -5.17. The van der Waals surface area contributed by atoms with Gasteiger partial charge in [0, 0.05) is 23.4 Å². The highest BCUT2D eigenvalue weighted by molar-refractivity contribution is 7.99. The molecule has 0 saturated carbocycles. The van der Waals surface area contributed by atoms with Gasteiger partial charge in [0.15, 0.2) is 23.1 Å². The van der Waals surface area contributed by atoms with Gasteiger partial charge in [-0.25, -0.2) is 0 Å². The summed E-state index contributed by atoms with van der Waals surface area (Å²) >= 11 is 1.49. The second-order valence-electron chi connectivity index (χ2n) is 10.3. The molecule has 47 heavy (non-hydrogen) atoms. The average Bonchev–Trinajstić information content (AvgIpc) is 3.45. The van der Waals surface area contributed by atoms with Crippen LogP contribution >= 0.6 is 11.8 Å². The predicted molar refractivity (Wildman–Crippen MR) is 180 cm³/mol. The van der Waals surface area contributed by atoms with Gasteiger partial charge < -0.3 is 32.8 Å². The Morgan fingerprint density at radius 1 is 0.851 bits per heavy atom. The van der Waals surface area contributed by atoms with Gasteiger partial charge in [-0.2, -0.15) is 9.78 Å². The summed E-state index contributed by atoms with van der Waals surface area (Å²) in [4.78, 5) is 14.0. The largest absolute Gasteiger partial charge is 0.496 e. The smallest absolute Gasteiger partial charge is 0.239 e. The van der Waals surface area contributed by atoms with Crippen molar-refractivity contribution in [2.75, 3.05) is 47.9 Å². The molecule has 246 valence electrons. The molecule has 0 aliphatic rings. The Labute approximate surface area is 276 Å². The maximum absolute atomic E-state index is 14.0. The van der Waals surface area contributed by atoms with E-state index in [1.165, 1.54) is 52.9 Å². The Kier molecular flexibility index (Phi) is 10.6. The lowest BCUT2D eigenvalue weighted by atomic mass is 10.1. The predicted octanol–water partition coefficient (Wildman–Crippen LogP) is 6.15. The monoisotopic (exact) mass is 660 g/mol. The standard InChI is InChI=1S/C34H36N4O8S/c1-20-9-11-22(12-10-20)19-35-38-21(2)36-37-34(38)47-14-8-13-45-33-30(39)29-25(41-4)17-24(40-3)18-26(29)46-31(33)23-15-27(42-5)32(44-7)28(16-23)43-6/h9-12,15-19H,8,13-14H2,1-7H3. The molecule has 0 saturated heterocycles. The SMILES string of the molecule is COc1cc(OC)c2c(=O)c(OCCCSc3nnc(C)n3N=Cc3ccc(C)cc3)c(-c3cc(OC)c(OC)c(OC)c3)oc2c1. The van der Waals surface area contributed by atoms with Crippen LogP contribution in [-0.4, -0.2) is 69.0 Å². The van der Waals surface area contributed by atoms with E-state index in [-0.39, 0.29) is 29.1 Å². The van der Waals surface area contributed by atoms with E-state index < -0.39 is 5.43 Å². The molecule has 0 aliphatic carbocycles. The lowest BCUT2D eigenvalue weighted by Gasteiger charge is -2.17. The molecule has 0 N–H and O–H groups in total. The molecule has 3 aromatic carbocycles. The first-order chi connectivity index (χ1) is 22.8. The summed E-state index contributed by atoms with van der Waals surface area (Å²) in [5.74, 6) is 3.43. The molecule has 5 rings (SSSR count). The Morgan fingerprint density at radius 3 is 2.19 bits per heavy atom. The number of aromatic nitrogens is 3. The van der Waals surface area contributed by atoms with Gasteiger partial charge in [0.25, 0.3) is 0 Å². The summed E-state index contributed by atoms with van der Waals surface area (Å²) < 4.78 is 41.8. The molecule has 0 aliphatic heterocycles. The molecule has 2 heterocycles. The lowest BCUT2D eigenvalue weighted by molar-refractivity contribution is 0.309. The third kappa shape index (κ3) is 7.14. The van der Waals surface area contributed by atoms with E-state index in [4.69, 9.17) is 32.8 Å². The summed E-state index contributed by atoms with van der Waals surface area (Å²) in [6, 6.07) is 14.7. The van der Waals surface area contributed by atoms with E-state index in [1.54, 1.807) is 35.2 Å². The van der Waals surface area contributed by atoms with Crippen molar-refractivity contribution in [3.63, 3.8) is 0 Å². The topological polar surface area (TPSA) is 129 Å². The summed E-state index contributed by atoms with van der Waals surface area (Å²) in [5, 5.41) is 13.9. The van der Waals surface area contributed by atoms with Crippen molar-refractivity contribution in [1.29, 1.82) is 0 Å². The third-order valence-corrected chi connectivity index (χ3v) is 8.21. The van der Waals surface area contributed by atoms with Crippen LogP contribution in [0, 0.1) is 13.8 Å². The van der Waals surface area contributed by atoms with Gasteiger partial charge in [-0.1, -0.05) is 41.6 Å². The minimum atomic E-state index is -0.400. The van der Waals surface area contributed by atoms with Crippen molar-refractivity contribution in [2.24, 2.45) is 5.10 Å². The first-order valence-electron chi connectivity index (χ1n) is 14.6. The number of aryl methyl sites for hydroxylation is 2. The van der Waals surface area contributed by atoms with Gasteiger partial charge in [0.1, 0.15) is 22.5 Å². The highest BCUT2D eigenvalue weighted by Crippen LogP contribution is 2.44. The van der Waals surface area contributed by atoms with Crippen LogP contribution in [0.25, 0.3) is 22.3 Å². The number of hydrogen-bond acceptors (Lipinski definition) is 12. The zero-order chi connectivity index (χ0) is 33.5. The molecule has 0 bridgehead atoms. The number of fused-ring (bicyclic) bond motifs is 1. The Morgan fingerprint density at radius 2 is 1.55 bits per heavy atom. The van der Waals surface area contributed by atoms with Gasteiger partial charge in [-0.15, -0.1) is 10.2 Å². The van der Waals surface area contributed by atoms with E-state index in [0.717, 1.165) is 5.56 Å². The fourth-order valence-electron chi connectivity index (χ4n) is 4.79. The molecule has 12 nitrogen and oxygen atoms in total. The van der Waals surface area contributed by atoms with Gasteiger partial charge in [0.05, 0.1) is 48.4 Å². The third-order valence-electron chi connectivity index (χ3n) is 7.21. The van der Waals surface area contributed by atoms with Crippen LogP contribution in [0.5, 0.6) is 34.5 Å². The van der Waals surface area contributed by atoms with Gasteiger partial charge in [-0.05, 0) is 38.0 Å². The highest BCUT2D eigenvalue weighted by atomic mass is 32.2. The molecule has 5 aromatic rings. The normalized spacial score (nSPS) is 11.2. The van der Waals surface area contributed by atoms with Crippen LogP contribution < -0.4 is 33.8 Å². The molecular formula is C34H36N4O8S. The summed E-state index contributed by atoms with van der Waals surface area (Å²) in [6.07, 6.45) is 2.35. The van der Waals surface area contributed by atoms with Gasteiger partial charge >= 0.3 is 0 Å². The fraction of sp³-hybridized carbons (Fsp3) is 0.294. The molecule has 0 radical (unpaired) electrons. The summed E-state index contributed by atoms with van der Waals surface area (Å²) in [6.45, 7) is 4.09. The summed E-state index contributed by atoms with van der Waals surface area (Å²) in [5.41, 5.74) is 2.50. The molecule has 0 fully saturated rings. The fourth-order valence-corrected chi connectivity index (χ4v) is 5.63. The van der Waals surface area contributed by atoms with Gasteiger partial charge in [-0.3, -0.25) is 4.79 Å². The second kappa shape index (κ2) is 14.9. The number of benzene rings is 3. The molecule has 0 spiro atoms. The summed E-state index contributed by atoms with van der Waals surface area (Å²) in [7, 11) is 7.54.